The van der Waals surface area contributed by atoms with Crippen molar-refractivity contribution in [3.8, 4) is 11.5 Å². The molecule has 11 heteroatoms. The van der Waals surface area contributed by atoms with E-state index in [0.717, 1.165) is 39.8 Å². The number of hydrogen-bond acceptors (Lipinski definition) is 5. The Bertz CT molecular complexity index is 2000. The maximum Gasteiger partial charge on any atom is 0.279 e. The lowest BCUT2D eigenvalue weighted by Gasteiger charge is -2.31. The number of methoxy groups -OCH3 is 2. The molecule has 2 saturated heterocycles. The SMILES string of the molecule is CCC(F)(F)CC1CC(C)(C)N(Cc2ccc(OC)cc2)C1=O.COc1ccc(CN2C(=O)C(=CC(F)(F)CN(Cc3ccccc3)Cc3ccccc3)CC2(C)C)cc1. The van der Waals surface area contributed by atoms with Crippen molar-refractivity contribution in [1.29, 1.82) is 0 Å². The zero-order valence-corrected chi connectivity index (χ0v) is 35.9. The van der Waals surface area contributed by atoms with E-state index in [2.05, 4.69) is 0 Å². The molecular weight excluding hydrogens is 771 g/mol. The van der Waals surface area contributed by atoms with Crippen molar-refractivity contribution >= 4 is 11.8 Å². The zero-order chi connectivity index (χ0) is 43.7. The van der Waals surface area contributed by atoms with Gasteiger partial charge in [-0.05, 0) is 86.7 Å². The highest BCUT2D eigenvalue weighted by Gasteiger charge is 2.48. The second-order valence-electron chi connectivity index (χ2n) is 17.2. The highest BCUT2D eigenvalue weighted by molar-refractivity contribution is 5.97. The Balaban J connectivity index is 0.000000255. The van der Waals surface area contributed by atoms with Crippen molar-refractivity contribution in [2.75, 3.05) is 20.8 Å². The van der Waals surface area contributed by atoms with Crippen LogP contribution in [0.4, 0.5) is 17.6 Å². The summed E-state index contributed by atoms with van der Waals surface area (Å²) < 4.78 is 68.7. The van der Waals surface area contributed by atoms with E-state index in [9.17, 15) is 18.4 Å². The third kappa shape index (κ3) is 12.4. The molecule has 1 atom stereocenters. The quantitative estimate of drug-likeness (QED) is 0.0832. The third-order valence-electron chi connectivity index (χ3n) is 11.3. The molecule has 6 rings (SSSR count). The van der Waals surface area contributed by atoms with Crippen LogP contribution in [0.5, 0.6) is 11.5 Å². The van der Waals surface area contributed by atoms with Gasteiger partial charge in [0.25, 0.3) is 11.8 Å². The fourth-order valence-corrected chi connectivity index (χ4v) is 8.04. The summed E-state index contributed by atoms with van der Waals surface area (Å²) in [7, 11) is 3.20. The molecule has 2 aliphatic heterocycles. The van der Waals surface area contributed by atoms with E-state index in [1.807, 2.05) is 137 Å². The molecule has 2 amide bonds. The Morgan fingerprint density at radius 3 is 1.60 bits per heavy atom. The Morgan fingerprint density at radius 2 is 1.15 bits per heavy atom. The number of rotatable bonds is 16. The minimum Gasteiger partial charge on any atom is -0.497 e. The van der Waals surface area contributed by atoms with Crippen LogP contribution in [-0.4, -0.2) is 70.2 Å². The molecule has 7 nitrogen and oxygen atoms in total. The zero-order valence-electron chi connectivity index (χ0n) is 35.9. The van der Waals surface area contributed by atoms with Crippen LogP contribution in [0, 0.1) is 5.92 Å². The van der Waals surface area contributed by atoms with Gasteiger partial charge in [0.05, 0.1) is 20.8 Å². The van der Waals surface area contributed by atoms with Crippen LogP contribution in [0.1, 0.15) is 82.6 Å². The van der Waals surface area contributed by atoms with Crippen LogP contribution >= 0.6 is 0 Å². The summed E-state index contributed by atoms with van der Waals surface area (Å²) in [6, 6.07) is 34.1. The van der Waals surface area contributed by atoms with Crippen molar-refractivity contribution in [1.82, 2.24) is 14.7 Å². The summed E-state index contributed by atoms with van der Waals surface area (Å²) >= 11 is 0. The molecule has 2 aliphatic rings. The molecule has 4 aromatic carbocycles. The van der Waals surface area contributed by atoms with Crippen LogP contribution in [0.15, 0.2) is 121 Å². The molecule has 0 N–H and O–H groups in total. The summed E-state index contributed by atoms with van der Waals surface area (Å²) in [6.45, 7) is 10.3. The smallest absolute Gasteiger partial charge is 0.279 e. The predicted molar refractivity (Wildman–Crippen MR) is 228 cm³/mol. The lowest BCUT2D eigenvalue weighted by Crippen LogP contribution is -2.40. The molecule has 1 unspecified atom stereocenters. The summed E-state index contributed by atoms with van der Waals surface area (Å²) in [6.07, 6.45) is 1.06. The molecule has 2 fully saturated rings. The van der Waals surface area contributed by atoms with E-state index in [1.165, 1.54) is 6.92 Å². The molecule has 4 aromatic rings. The number of carbonyl (C=O) groups is 2. The third-order valence-corrected chi connectivity index (χ3v) is 11.3. The Morgan fingerprint density at radius 1 is 0.683 bits per heavy atom. The van der Waals surface area contributed by atoms with Crippen LogP contribution in [0.3, 0.4) is 0 Å². The maximum absolute atomic E-state index is 15.5. The summed E-state index contributed by atoms with van der Waals surface area (Å²) in [5.74, 6) is -5.56. The highest BCUT2D eigenvalue weighted by Crippen LogP contribution is 2.41. The Kier molecular flexibility index (Phi) is 14.9. The molecule has 0 aromatic heterocycles. The summed E-state index contributed by atoms with van der Waals surface area (Å²) in [5, 5.41) is 0. The summed E-state index contributed by atoms with van der Waals surface area (Å²) in [5.41, 5.74) is 3.01. The van der Waals surface area contributed by atoms with Crippen LogP contribution < -0.4 is 9.47 Å². The fraction of sp³-hybridized carbons (Fsp3) is 0.429. The van der Waals surface area contributed by atoms with Crippen molar-refractivity contribution in [2.45, 2.75) is 109 Å². The molecule has 0 radical (unpaired) electrons. The number of carbonyl (C=O) groups excluding carboxylic acids is 2. The van der Waals surface area contributed by atoms with Gasteiger partial charge < -0.3 is 19.3 Å². The highest BCUT2D eigenvalue weighted by atomic mass is 19.3. The molecule has 60 heavy (non-hydrogen) atoms. The van der Waals surface area contributed by atoms with E-state index in [1.54, 1.807) is 28.9 Å². The first-order valence-corrected chi connectivity index (χ1v) is 20.5. The molecule has 2 heterocycles. The number of amides is 2. The van der Waals surface area contributed by atoms with Gasteiger partial charge in [0, 0.05) is 68.0 Å². The largest absolute Gasteiger partial charge is 0.497 e. The molecule has 0 bridgehead atoms. The number of hydrogen-bond donors (Lipinski definition) is 0. The van der Waals surface area contributed by atoms with Gasteiger partial charge in [0.15, 0.2) is 0 Å². The fourth-order valence-electron chi connectivity index (χ4n) is 8.04. The van der Waals surface area contributed by atoms with Crippen LogP contribution in [0.2, 0.25) is 0 Å². The first-order valence-electron chi connectivity index (χ1n) is 20.5. The van der Waals surface area contributed by atoms with Gasteiger partial charge in [0.2, 0.25) is 11.8 Å². The maximum atomic E-state index is 15.5. The molecule has 0 saturated carbocycles. The first kappa shape index (κ1) is 45.9. The van der Waals surface area contributed by atoms with Gasteiger partial charge in [-0.2, -0.15) is 0 Å². The van der Waals surface area contributed by atoms with E-state index >= 15 is 8.78 Å². The number of nitrogens with zero attached hydrogens (tertiary/aromatic N) is 3. The van der Waals surface area contributed by atoms with Gasteiger partial charge in [-0.3, -0.25) is 14.5 Å². The topological polar surface area (TPSA) is 62.3 Å². The van der Waals surface area contributed by atoms with Gasteiger partial charge in [-0.15, -0.1) is 0 Å². The van der Waals surface area contributed by atoms with Crippen LogP contribution in [-0.2, 0) is 35.8 Å². The molecule has 0 spiro atoms. The first-order chi connectivity index (χ1) is 28.3. The van der Waals surface area contributed by atoms with E-state index in [-0.39, 0.29) is 36.6 Å². The Labute approximate surface area is 353 Å². The number of alkyl halides is 4. The molecule has 322 valence electrons. The van der Waals surface area contributed by atoms with E-state index in [4.69, 9.17) is 9.47 Å². The molecular formula is C49H59F4N3O4. The minimum absolute atomic E-state index is 0.168. The van der Waals surface area contributed by atoms with Crippen molar-refractivity contribution < 1.29 is 36.6 Å². The lowest BCUT2D eigenvalue weighted by molar-refractivity contribution is -0.136. The molecule has 0 aliphatic carbocycles. The Hall–Kier alpha value is -5.16. The standard InChI is InChI=1S/C31H34F2N2O2.C18H25F2NO2/c1-30(2)18-27(29(36)35(30)22-26-14-16-28(37-3)17-15-26)19-31(32,33)23-34(20-24-10-6-4-7-11-24)21-25-12-8-5-9-13-25;1-5-18(19,20)11-14-10-17(2,3)21(16(14)22)12-13-6-8-15(23-4)9-7-13/h4-17,19H,18,20-23H2,1-3H3;6-9,14H,5,10-12H2,1-4H3. The predicted octanol–water partition coefficient (Wildman–Crippen LogP) is 10.7. The van der Waals surface area contributed by atoms with E-state index in [0.29, 0.717) is 32.6 Å². The van der Waals surface area contributed by atoms with Gasteiger partial charge >= 0.3 is 0 Å². The van der Waals surface area contributed by atoms with Gasteiger partial charge in [0.1, 0.15) is 11.5 Å². The van der Waals surface area contributed by atoms with Gasteiger partial charge in [-0.1, -0.05) is 91.9 Å². The average molecular weight is 830 g/mol. The van der Waals surface area contributed by atoms with Gasteiger partial charge in [-0.25, -0.2) is 17.6 Å². The second kappa shape index (κ2) is 19.5. The number of benzene rings is 4. The number of likely N-dealkylation sites (tertiary alicyclic amines) is 2. The van der Waals surface area contributed by atoms with Crippen molar-refractivity contribution in [2.24, 2.45) is 5.92 Å². The summed E-state index contributed by atoms with van der Waals surface area (Å²) in [4.78, 5) is 31.0. The average Bonchev–Trinajstić information content (AvgIpc) is 3.55. The lowest BCUT2D eigenvalue weighted by atomic mass is 9.91. The van der Waals surface area contributed by atoms with Crippen molar-refractivity contribution in [3.05, 3.63) is 143 Å². The monoisotopic (exact) mass is 829 g/mol. The second-order valence-corrected chi connectivity index (χ2v) is 17.2. The number of halogens is 4. The van der Waals surface area contributed by atoms with E-state index < -0.39 is 35.4 Å². The number of ether oxygens (including phenoxy) is 2. The normalized spacial score (nSPS) is 18.2. The van der Waals surface area contributed by atoms with Crippen molar-refractivity contribution in [3.63, 3.8) is 0 Å². The minimum atomic E-state index is -3.17. The van der Waals surface area contributed by atoms with Crippen LogP contribution in [0.25, 0.3) is 0 Å².